The number of benzene rings is 2. The molecule has 0 saturated heterocycles. The third kappa shape index (κ3) is 6.78. The van der Waals surface area contributed by atoms with E-state index in [1.54, 1.807) is 14.2 Å². The van der Waals surface area contributed by atoms with E-state index in [9.17, 15) is 5.11 Å². The molecule has 5 nitrogen and oxygen atoms in total. The summed E-state index contributed by atoms with van der Waals surface area (Å²) in [6, 6.07) is 15.3. The third-order valence-corrected chi connectivity index (χ3v) is 7.76. The fraction of sp³-hybridized carbons (Fsp3) is 0.484. The maximum absolute atomic E-state index is 9.89. The van der Waals surface area contributed by atoms with Crippen LogP contribution in [0.5, 0.6) is 5.75 Å². The molecule has 194 valence electrons. The molecule has 2 aromatic carbocycles. The van der Waals surface area contributed by atoms with Crippen molar-refractivity contribution in [1.29, 1.82) is 0 Å². The summed E-state index contributed by atoms with van der Waals surface area (Å²) in [4.78, 5) is 2.58. The molecule has 0 bridgehead atoms. The number of methoxy groups -OCH3 is 2. The van der Waals surface area contributed by atoms with E-state index < -0.39 is 0 Å². The maximum Gasteiger partial charge on any atom is 0.116 e. The number of nitrogens with zero attached hydrogens (tertiary/aromatic N) is 1. The monoisotopic (exact) mass is 490 g/mol. The molecular weight excluding hydrogens is 448 g/mol. The molecule has 0 amide bonds. The van der Waals surface area contributed by atoms with Crippen molar-refractivity contribution in [3.63, 3.8) is 0 Å². The van der Waals surface area contributed by atoms with Gasteiger partial charge in [-0.25, -0.2) is 0 Å². The summed E-state index contributed by atoms with van der Waals surface area (Å²) in [7, 11) is 3.49. The minimum absolute atomic E-state index is 0.295. The first kappa shape index (κ1) is 26.5. The fourth-order valence-corrected chi connectivity index (χ4v) is 5.68. The standard InChI is InChI=1S/C31H42N2O3/c1-4-33(22-24-7-5-23(6-8-24)15-16-32-17-18-35-2)31-21-29(36-3)13-14-30(31)27-10-9-26-20-28(34)12-11-25(26)19-27/h5-8,11-14,20-21,27,30-32,34H,4,9-10,15-19,22H2,1-3H3/t27-,30?,31?/m1/s1. The molecule has 5 heteroatoms. The number of phenolic OH excluding ortho intramolecular Hbond substituents is 1. The smallest absolute Gasteiger partial charge is 0.116 e. The Morgan fingerprint density at radius 1 is 1.03 bits per heavy atom. The van der Waals surface area contributed by atoms with Crippen molar-refractivity contribution in [3.05, 3.63) is 88.7 Å². The number of phenols is 1. The number of hydrogen-bond donors (Lipinski definition) is 2. The topological polar surface area (TPSA) is 54.0 Å². The summed E-state index contributed by atoms with van der Waals surface area (Å²) in [5.41, 5.74) is 5.39. The lowest BCUT2D eigenvalue weighted by Gasteiger charge is -2.41. The van der Waals surface area contributed by atoms with E-state index in [0.717, 1.165) is 64.2 Å². The largest absolute Gasteiger partial charge is 0.508 e. The van der Waals surface area contributed by atoms with E-state index in [1.165, 1.54) is 22.3 Å². The molecule has 2 aliphatic rings. The molecule has 0 saturated carbocycles. The third-order valence-electron chi connectivity index (χ3n) is 7.76. The molecule has 4 rings (SSSR count). The van der Waals surface area contributed by atoms with Crippen LogP contribution in [-0.2, 0) is 35.3 Å². The maximum atomic E-state index is 9.89. The molecule has 2 N–H and O–H groups in total. The van der Waals surface area contributed by atoms with Gasteiger partial charge in [-0.2, -0.15) is 0 Å². The zero-order valence-electron chi connectivity index (χ0n) is 22.1. The van der Waals surface area contributed by atoms with E-state index in [2.05, 4.69) is 65.7 Å². The first-order chi connectivity index (χ1) is 17.6. The number of likely N-dealkylation sites (N-methyl/N-ethyl adjacent to an activating group) is 1. The van der Waals surface area contributed by atoms with Crippen molar-refractivity contribution >= 4 is 0 Å². The molecule has 0 aliphatic heterocycles. The number of hydrogen-bond acceptors (Lipinski definition) is 5. The predicted octanol–water partition coefficient (Wildman–Crippen LogP) is 4.88. The second-order valence-electron chi connectivity index (χ2n) is 10.0. The van der Waals surface area contributed by atoms with Gasteiger partial charge in [0.1, 0.15) is 11.5 Å². The van der Waals surface area contributed by atoms with Gasteiger partial charge in [-0.05, 0) is 97.1 Å². The number of rotatable bonds is 12. The number of aryl methyl sites for hydroxylation is 1. The Kier molecular flexibility index (Phi) is 9.62. The Hall–Kier alpha value is -2.60. The van der Waals surface area contributed by atoms with Crippen molar-refractivity contribution in [1.82, 2.24) is 10.2 Å². The highest BCUT2D eigenvalue weighted by molar-refractivity contribution is 5.37. The SMILES string of the molecule is CCN(Cc1ccc(CCNCCOC)cc1)C1C=C(OC)C=CC1[C@@H]1CCc2cc(O)ccc2C1. The van der Waals surface area contributed by atoms with Gasteiger partial charge >= 0.3 is 0 Å². The molecule has 2 aliphatic carbocycles. The number of nitrogens with one attached hydrogen (secondary N) is 1. The lowest BCUT2D eigenvalue weighted by Crippen LogP contribution is -2.43. The van der Waals surface area contributed by atoms with Crippen LogP contribution in [0.2, 0.25) is 0 Å². The molecule has 0 fully saturated rings. The number of allylic oxidation sites excluding steroid dienone is 1. The first-order valence-electron chi connectivity index (χ1n) is 13.4. The molecule has 3 atom stereocenters. The lowest BCUT2D eigenvalue weighted by molar-refractivity contribution is 0.147. The van der Waals surface area contributed by atoms with Crippen molar-refractivity contribution in [2.24, 2.45) is 11.8 Å². The average molecular weight is 491 g/mol. The summed E-state index contributed by atoms with van der Waals surface area (Å²) >= 11 is 0. The van der Waals surface area contributed by atoms with E-state index in [-0.39, 0.29) is 0 Å². The van der Waals surface area contributed by atoms with Gasteiger partial charge in [0.25, 0.3) is 0 Å². The molecular formula is C31H42N2O3. The van der Waals surface area contributed by atoms with Crippen molar-refractivity contribution < 1.29 is 14.6 Å². The molecule has 2 unspecified atom stereocenters. The van der Waals surface area contributed by atoms with E-state index in [0.29, 0.717) is 23.6 Å². The van der Waals surface area contributed by atoms with Crippen LogP contribution in [0.15, 0.2) is 66.5 Å². The zero-order chi connectivity index (χ0) is 25.3. The van der Waals surface area contributed by atoms with Gasteiger partial charge in [0, 0.05) is 26.2 Å². The van der Waals surface area contributed by atoms with Crippen LogP contribution in [-0.4, -0.2) is 56.5 Å². The van der Waals surface area contributed by atoms with Gasteiger partial charge in [-0.15, -0.1) is 0 Å². The van der Waals surface area contributed by atoms with Crippen molar-refractivity contribution in [2.45, 2.75) is 45.2 Å². The zero-order valence-corrected chi connectivity index (χ0v) is 22.1. The highest BCUT2D eigenvalue weighted by Gasteiger charge is 2.34. The van der Waals surface area contributed by atoms with Crippen molar-refractivity contribution in [3.8, 4) is 5.75 Å². The molecule has 0 aromatic heterocycles. The Balaban J connectivity index is 1.43. The van der Waals surface area contributed by atoms with Crippen molar-refractivity contribution in [2.75, 3.05) is 40.5 Å². The van der Waals surface area contributed by atoms with E-state index in [4.69, 9.17) is 9.47 Å². The van der Waals surface area contributed by atoms with Gasteiger partial charge in [-0.3, -0.25) is 4.90 Å². The number of aromatic hydroxyl groups is 1. The van der Waals surface area contributed by atoms with E-state index >= 15 is 0 Å². The summed E-state index contributed by atoms with van der Waals surface area (Å²) in [5.74, 6) is 2.33. The van der Waals surface area contributed by atoms with E-state index in [1.807, 2.05) is 12.1 Å². The number of ether oxygens (including phenoxy) is 2. The lowest BCUT2D eigenvalue weighted by atomic mass is 9.72. The molecule has 0 radical (unpaired) electrons. The molecule has 36 heavy (non-hydrogen) atoms. The van der Waals surface area contributed by atoms with Crippen LogP contribution in [0, 0.1) is 11.8 Å². The van der Waals surface area contributed by atoms with Crippen LogP contribution in [0.25, 0.3) is 0 Å². The predicted molar refractivity (Wildman–Crippen MR) is 146 cm³/mol. The van der Waals surface area contributed by atoms with Gasteiger partial charge in [-0.1, -0.05) is 43.3 Å². The highest BCUT2D eigenvalue weighted by atomic mass is 16.5. The summed E-state index contributed by atoms with van der Waals surface area (Å²) in [6.45, 7) is 6.76. The fourth-order valence-electron chi connectivity index (χ4n) is 5.68. The Morgan fingerprint density at radius 3 is 2.58 bits per heavy atom. The van der Waals surface area contributed by atoms with Crippen LogP contribution in [0.4, 0.5) is 0 Å². The summed E-state index contributed by atoms with van der Waals surface area (Å²) < 4.78 is 10.7. The highest BCUT2D eigenvalue weighted by Crippen LogP contribution is 2.38. The van der Waals surface area contributed by atoms with Gasteiger partial charge < -0.3 is 19.9 Å². The molecule has 0 heterocycles. The van der Waals surface area contributed by atoms with Crippen LogP contribution >= 0.6 is 0 Å². The van der Waals surface area contributed by atoms with Gasteiger partial charge in [0.2, 0.25) is 0 Å². The van der Waals surface area contributed by atoms with Gasteiger partial charge in [0.15, 0.2) is 0 Å². The molecule has 2 aromatic rings. The Morgan fingerprint density at radius 2 is 1.83 bits per heavy atom. The summed E-state index contributed by atoms with van der Waals surface area (Å²) in [6.07, 6.45) is 11.1. The minimum atomic E-state index is 0.295. The Bertz CT molecular complexity index is 1030. The average Bonchev–Trinajstić information content (AvgIpc) is 2.91. The first-order valence-corrected chi connectivity index (χ1v) is 13.4. The van der Waals surface area contributed by atoms with Crippen LogP contribution < -0.4 is 5.32 Å². The Labute approximate surface area is 216 Å². The van der Waals surface area contributed by atoms with Crippen LogP contribution in [0.3, 0.4) is 0 Å². The minimum Gasteiger partial charge on any atom is -0.508 e. The van der Waals surface area contributed by atoms with Crippen LogP contribution in [0.1, 0.15) is 35.6 Å². The van der Waals surface area contributed by atoms with Gasteiger partial charge in [0.05, 0.1) is 13.7 Å². The number of fused-ring (bicyclic) bond motifs is 1. The quantitative estimate of drug-likeness (QED) is 0.415. The normalized spacial score (nSPS) is 21.3. The molecule has 0 spiro atoms. The summed E-state index contributed by atoms with van der Waals surface area (Å²) in [5, 5.41) is 13.3. The second-order valence-corrected chi connectivity index (χ2v) is 10.0. The second kappa shape index (κ2) is 13.1.